The average molecular weight is 468 g/mol. The van der Waals surface area contributed by atoms with Crippen molar-refractivity contribution in [2.75, 3.05) is 23.7 Å². The van der Waals surface area contributed by atoms with Crippen LogP contribution >= 0.6 is 23.1 Å². The fraction of sp³-hybridized carbons (Fsp3) is 0.538. The molecule has 0 spiro atoms. The van der Waals surface area contributed by atoms with E-state index in [9.17, 15) is 0 Å². The van der Waals surface area contributed by atoms with E-state index in [1.165, 1.54) is 46.5 Å². The molecule has 1 fully saturated rings. The van der Waals surface area contributed by atoms with Gasteiger partial charge in [0.15, 0.2) is 5.16 Å². The Balaban J connectivity index is 1.44. The summed E-state index contributed by atoms with van der Waals surface area (Å²) in [4.78, 5) is 15.1. The van der Waals surface area contributed by atoms with E-state index in [2.05, 4.69) is 56.0 Å². The van der Waals surface area contributed by atoms with Crippen LogP contribution in [0.1, 0.15) is 56.0 Å². The van der Waals surface area contributed by atoms with Crippen LogP contribution in [0.15, 0.2) is 35.5 Å². The molecule has 0 saturated carbocycles. The number of thiophene rings is 1. The molecule has 0 bridgehead atoms. The van der Waals surface area contributed by atoms with E-state index in [0.29, 0.717) is 6.61 Å². The molecule has 1 unspecified atom stereocenters. The maximum Gasteiger partial charge on any atom is 0.190 e. The third-order valence-electron chi connectivity index (χ3n) is 7.10. The van der Waals surface area contributed by atoms with E-state index >= 15 is 0 Å². The molecular weight excluding hydrogens is 434 g/mol. The molecule has 1 saturated heterocycles. The lowest BCUT2D eigenvalue weighted by atomic mass is 9.89. The SMILES string of the molecule is CCSc1nc(N2CCC(Cc3ccccc3)CC2)c2c3c(sc2n1)COC(C)(CC)C3. The normalized spacial score (nSPS) is 21.8. The number of nitrogens with zero attached hydrogens (tertiary/aromatic N) is 3. The number of rotatable bonds is 6. The van der Waals surface area contributed by atoms with Gasteiger partial charge in [-0.2, -0.15) is 0 Å². The molecule has 32 heavy (non-hydrogen) atoms. The molecular formula is C26H33N3OS2. The van der Waals surface area contributed by atoms with Crippen LogP contribution in [0.5, 0.6) is 0 Å². The summed E-state index contributed by atoms with van der Waals surface area (Å²) in [6.07, 6.45) is 5.61. The first-order chi connectivity index (χ1) is 15.6. The van der Waals surface area contributed by atoms with E-state index in [-0.39, 0.29) is 5.60 Å². The maximum atomic E-state index is 6.25. The summed E-state index contributed by atoms with van der Waals surface area (Å²) >= 11 is 3.56. The highest BCUT2D eigenvalue weighted by molar-refractivity contribution is 7.99. The quantitative estimate of drug-likeness (QED) is 0.305. The third-order valence-corrected chi connectivity index (χ3v) is 8.93. The Hall–Kier alpha value is -1.63. The van der Waals surface area contributed by atoms with Gasteiger partial charge in [-0.05, 0) is 55.4 Å². The Morgan fingerprint density at radius 1 is 1.16 bits per heavy atom. The molecule has 5 rings (SSSR count). The molecule has 0 amide bonds. The van der Waals surface area contributed by atoms with Gasteiger partial charge in [0, 0.05) is 24.4 Å². The van der Waals surface area contributed by atoms with E-state index in [0.717, 1.165) is 47.6 Å². The van der Waals surface area contributed by atoms with Crippen LogP contribution in [0, 0.1) is 5.92 Å². The smallest absolute Gasteiger partial charge is 0.190 e. The van der Waals surface area contributed by atoms with Crippen molar-refractivity contribution in [3.05, 3.63) is 46.3 Å². The number of fused-ring (bicyclic) bond motifs is 3. The molecule has 0 aliphatic carbocycles. The lowest BCUT2D eigenvalue weighted by molar-refractivity contribution is -0.0543. The summed E-state index contributed by atoms with van der Waals surface area (Å²) in [5.74, 6) is 2.91. The number of piperidine rings is 1. The standard InChI is InChI=1S/C26H33N3OS2/c1-4-26(3)16-20-21(17-30-26)32-24-22(20)23(27-25(28-24)31-5-2)29-13-11-19(12-14-29)15-18-9-7-6-8-10-18/h6-10,19H,4-5,11-17H2,1-3H3. The molecule has 4 heterocycles. The van der Waals surface area contributed by atoms with Gasteiger partial charge in [0.1, 0.15) is 10.6 Å². The van der Waals surface area contributed by atoms with Crippen molar-refractivity contribution in [3.8, 4) is 0 Å². The predicted octanol–water partition coefficient (Wildman–Crippen LogP) is 6.50. The number of hydrogen-bond acceptors (Lipinski definition) is 6. The largest absolute Gasteiger partial charge is 0.369 e. The van der Waals surface area contributed by atoms with Crippen molar-refractivity contribution < 1.29 is 4.74 Å². The molecule has 6 heteroatoms. The lowest BCUT2D eigenvalue weighted by Crippen LogP contribution is -2.36. The predicted molar refractivity (Wildman–Crippen MR) is 136 cm³/mol. The fourth-order valence-electron chi connectivity index (χ4n) is 4.98. The molecule has 0 radical (unpaired) electrons. The number of anilines is 1. The summed E-state index contributed by atoms with van der Waals surface area (Å²) in [6, 6.07) is 10.9. The third kappa shape index (κ3) is 4.42. The molecule has 2 aliphatic rings. The highest BCUT2D eigenvalue weighted by atomic mass is 32.2. The highest BCUT2D eigenvalue weighted by Gasteiger charge is 2.34. The van der Waals surface area contributed by atoms with Gasteiger partial charge >= 0.3 is 0 Å². The van der Waals surface area contributed by atoms with Gasteiger partial charge in [-0.3, -0.25) is 0 Å². The van der Waals surface area contributed by atoms with Crippen LogP contribution in [0.3, 0.4) is 0 Å². The Bertz CT molecular complexity index is 1080. The van der Waals surface area contributed by atoms with Gasteiger partial charge in [-0.1, -0.05) is 55.9 Å². The van der Waals surface area contributed by atoms with Crippen molar-refractivity contribution in [1.82, 2.24) is 9.97 Å². The maximum absolute atomic E-state index is 6.25. The molecule has 1 aromatic carbocycles. The van der Waals surface area contributed by atoms with Crippen LogP contribution in [-0.4, -0.2) is 34.4 Å². The number of ether oxygens (including phenoxy) is 1. The Morgan fingerprint density at radius 3 is 2.66 bits per heavy atom. The van der Waals surface area contributed by atoms with Crippen molar-refractivity contribution in [1.29, 1.82) is 0 Å². The van der Waals surface area contributed by atoms with Crippen molar-refractivity contribution in [2.24, 2.45) is 5.92 Å². The number of aromatic nitrogens is 2. The zero-order chi connectivity index (χ0) is 22.1. The van der Waals surface area contributed by atoms with Crippen LogP contribution in [0.4, 0.5) is 5.82 Å². The van der Waals surface area contributed by atoms with Gasteiger partial charge in [-0.15, -0.1) is 11.3 Å². The molecule has 2 aliphatic heterocycles. The average Bonchev–Trinajstić information content (AvgIpc) is 3.17. The van der Waals surface area contributed by atoms with Crippen molar-refractivity contribution >= 4 is 39.1 Å². The van der Waals surface area contributed by atoms with Gasteiger partial charge in [0.25, 0.3) is 0 Å². The van der Waals surface area contributed by atoms with Crippen molar-refractivity contribution in [2.45, 2.75) is 70.2 Å². The second kappa shape index (κ2) is 9.32. The minimum Gasteiger partial charge on any atom is -0.369 e. The molecule has 2 aromatic heterocycles. The summed E-state index contributed by atoms with van der Waals surface area (Å²) < 4.78 is 6.25. The molecule has 170 valence electrons. The van der Waals surface area contributed by atoms with E-state index in [1.54, 1.807) is 11.8 Å². The van der Waals surface area contributed by atoms with Gasteiger partial charge in [0.05, 0.1) is 17.6 Å². The first-order valence-corrected chi connectivity index (χ1v) is 13.8. The summed E-state index contributed by atoms with van der Waals surface area (Å²) in [5, 5.41) is 2.22. The highest BCUT2D eigenvalue weighted by Crippen LogP contribution is 2.44. The second-order valence-electron chi connectivity index (χ2n) is 9.34. The fourth-order valence-corrected chi connectivity index (χ4v) is 6.70. The minimum atomic E-state index is -0.0855. The zero-order valence-corrected chi connectivity index (χ0v) is 21.0. The van der Waals surface area contributed by atoms with Crippen LogP contribution in [-0.2, 0) is 24.2 Å². The first kappa shape index (κ1) is 22.2. The topological polar surface area (TPSA) is 38.2 Å². The number of hydrogen-bond donors (Lipinski definition) is 0. The Labute approximate surface area is 199 Å². The monoisotopic (exact) mass is 467 g/mol. The van der Waals surface area contributed by atoms with Gasteiger partial charge < -0.3 is 9.64 Å². The summed E-state index contributed by atoms with van der Waals surface area (Å²) in [5.41, 5.74) is 2.82. The van der Waals surface area contributed by atoms with Crippen LogP contribution in [0.2, 0.25) is 0 Å². The number of thioether (sulfide) groups is 1. The van der Waals surface area contributed by atoms with Gasteiger partial charge in [-0.25, -0.2) is 9.97 Å². The van der Waals surface area contributed by atoms with E-state index in [4.69, 9.17) is 14.7 Å². The zero-order valence-electron chi connectivity index (χ0n) is 19.4. The van der Waals surface area contributed by atoms with Gasteiger partial charge in [0.2, 0.25) is 0 Å². The lowest BCUT2D eigenvalue weighted by Gasteiger charge is -2.35. The Morgan fingerprint density at radius 2 is 1.94 bits per heavy atom. The molecule has 4 nitrogen and oxygen atoms in total. The van der Waals surface area contributed by atoms with Crippen LogP contribution < -0.4 is 4.90 Å². The Kier molecular flexibility index (Phi) is 6.46. The van der Waals surface area contributed by atoms with E-state index < -0.39 is 0 Å². The molecule has 3 aromatic rings. The summed E-state index contributed by atoms with van der Waals surface area (Å²) in [7, 11) is 0. The van der Waals surface area contributed by atoms with Crippen LogP contribution in [0.25, 0.3) is 10.2 Å². The van der Waals surface area contributed by atoms with Crippen molar-refractivity contribution in [3.63, 3.8) is 0 Å². The second-order valence-corrected chi connectivity index (χ2v) is 11.7. The number of benzene rings is 1. The molecule has 0 N–H and O–H groups in total. The first-order valence-electron chi connectivity index (χ1n) is 12.0. The minimum absolute atomic E-state index is 0.0855. The molecule has 1 atom stereocenters. The summed E-state index contributed by atoms with van der Waals surface area (Å²) in [6.45, 7) is 9.50. The van der Waals surface area contributed by atoms with E-state index in [1.807, 2.05) is 11.3 Å².